The van der Waals surface area contributed by atoms with E-state index in [2.05, 4.69) is 54.3 Å². The van der Waals surface area contributed by atoms with E-state index in [9.17, 15) is 0 Å². The minimum absolute atomic E-state index is 0.606. The van der Waals surface area contributed by atoms with Gasteiger partial charge in [-0.2, -0.15) is 0 Å². The van der Waals surface area contributed by atoms with Gasteiger partial charge in [-0.3, -0.25) is 0 Å². The molecule has 3 rings (SSSR count). The quantitative estimate of drug-likeness (QED) is 0.777. The Hall–Kier alpha value is -0.780. The third kappa shape index (κ3) is 2.95. The number of nitrogens with one attached hydrogen (secondary N) is 1. The molecule has 1 aliphatic rings. The van der Waals surface area contributed by atoms with Crippen molar-refractivity contribution in [3.8, 4) is 5.75 Å². The number of anilines is 1. The number of ether oxygens (including phenoxy) is 1. The van der Waals surface area contributed by atoms with Gasteiger partial charge in [-0.1, -0.05) is 27.5 Å². The molecular formula is C14H11Br2ClN2O. The summed E-state index contributed by atoms with van der Waals surface area (Å²) in [5.74, 6) is 1.76. The number of hydrogen-bond donors (Lipinski definition) is 1. The first-order chi connectivity index (χ1) is 9.63. The van der Waals surface area contributed by atoms with Gasteiger partial charge in [-0.25, -0.2) is 4.98 Å². The molecule has 1 aromatic carbocycles. The molecule has 0 amide bonds. The molecule has 0 bridgehead atoms. The molecule has 0 fully saturated rings. The highest BCUT2D eigenvalue weighted by Gasteiger charge is 2.17. The predicted molar refractivity (Wildman–Crippen MR) is 87.6 cm³/mol. The van der Waals surface area contributed by atoms with Gasteiger partial charge in [0.05, 0.1) is 16.1 Å². The number of hydrogen-bond acceptors (Lipinski definition) is 3. The van der Waals surface area contributed by atoms with Gasteiger partial charge in [-0.05, 0) is 39.7 Å². The molecule has 2 heterocycles. The van der Waals surface area contributed by atoms with Crippen LogP contribution < -0.4 is 10.1 Å². The van der Waals surface area contributed by atoms with Crippen molar-refractivity contribution in [2.45, 2.75) is 13.0 Å². The average Bonchev–Trinajstić information content (AvgIpc) is 2.85. The lowest BCUT2D eigenvalue weighted by Crippen LogP contribution is -2.03. The first-order valence-electron chi connectivity index (χ1n) is 6.12. The van der Waals surface area contributed by atoms with Gasteiger partial charge in [-0.15, -0.1) is 0 Å². The zero-order valence-corrected chi connectivity index (χ0v) is 14.3. The van der Waals surface area contributed by atoms with Gasteiger partial charge in [0.1, 0.15) is 11.6 Å². The molecule has 0 unspecified atom stereocenters. The van der Waals surface area contributed by atoms with Crippen LogP contribution in [0.5, 0.6) is 5.75 Å². The molecule has 0 spiro atoms. The van der Waals surface area contributed by atoms with Crippen molar-refractivity contribution >= 4 is 49.3 Å². The Kier molecular flexibility index (Phi) is 4.19. The van der Waals surface area contributed by atoms with Gasteiger partial charge in [0.15, 0.2) is 0 Å². The molecule has 104 valence electrons. The van der Waals surface area contributed by atoms with Crippen LogP contribution in [-0.4, -0.2) is 11.6 Å². The van der Waals surface area contributed by atoms with E-state index in [4.69, 9.17) is 16.3 Å². The van der Waals surface area contributed by atoms with Crippen molar-refractivity contribution in [1.82, 2.24) is 4.98 Å². The minimum atomic E-state index is 0.606. The number of nitrogens with zero attached hydrogens (tertiary/aromatic N) is 1. The lowest BCUT2D eigenvalue weighted by atomic mass is 10.1. The predicted octanol–water partition coefficient (Wildman–Crippen LogP) is 4.81. The second-order valence-corrected chi connectivity index (χ2v) is 6.70. The molecule has 0 aliphatic carbocycles. The first-order valence-corrected chi connectivity index (χ1v) is 8.09. The van der Waals surface area contributed by atoms with Crippen LogP contribution in [0.25, 0.3) is 0 Å². The SMILES string of the molecule is Clc1cnc(NCc2cc(Br)cc3c2OCC3)c(Br)c1. The molecule has 6 heteroatoms. The monoisotopic (exact) mass is 416 g/mol. The maximum absolute atomic E-state index is 5.89. The molecule has 0 radical (unpaired) electrons. The van der Waals surface area contributed by atoms with E-state index in [1.807, 2.05) is 6.07 Å². The highest BCUT2D eigenvalue weighted by atomic mass is 79.9. The smallest absolute Gasteiger partial charge is 0.140 e. The van der Waals surface area contributed by atoms with Crippen LogP contribution in [0.2, 0.25) is 5.02 Å². The van der Waals surface area contributed by atoms with E-state index in [-0.39, 0.29) is 0 Å². The van der Waals surface area contributed by atoms with E-state index in [0.717, 1.165) is 39.1 Å². The van der Waals surface area contributed by atoms with Gasteiger partial charge in [0.2, 0.25) is 0 Å². The zero-order chi connectivity index (χ0) is 14.1. The topological polar surface area (TPSA) is 34.2 Å². The Morgan fingerprint density at radius 3 is 2.95 bits per heavy atom. The van der Waals surface area contributed by atoms with Gasteiger partial charge in [0.25, 0.3) is 0 Å². The highest BCUT2D eigenvalue weighted by molar-refractivity contribution is 9.10. The number of halogens is 3. The fourth-order valence-electron chi connectivity index (χ4n) is 2.20. The highest BCUT2D eigenvalue weighted by Crippen LogP contribution is 2.33. The van der Waals surface area contributed by atoms with Crippen LogP contribution in [0.3, 0.4) is 0 Å². The number of pyridine rings is 1. The van der Waals surface area contributed by atoms with Crippen LogP contribution in [0.15, 0.2) is 33.3 Å². The Bertz CT molecular complexity index is 664. The fourth-order valence-corrected chi connectivity index (χ4v) is 3.53. The van der Waals surface area contributed by atoms with E-state index >= 15 is 0 Å². The lowest BCUT2D eigenvalue weighted by molar-refractivity contribution is 0.354. The summed E-state index contributed by atoms with van der Waals surface area (Å²) in [7, 11) is 0. The first kappa shape index (κ1) is 14.2. The normalized spacial score (nSPS) is 12.9. The Morgan fingerprint density at radius 2 is 2.15 bits per heavy atom. The van der Waals surface area contributed by atoms with Gasteiger partial charge >= 0.3 is 0 Å². The van der Waals surface area contributed by atoms with Crippen LogP contribution >= 0.6 is 43.5 Å². The second kappa shape index (κ2) is 5.92. The fraction of sp³-hybridized carbons (Fsp3) is 0.214. The Morgan fingerprint density at radius 1 is 1.30 bits per heavy atom. The number of rotatable bonds is 3. The summed E-state index contributed by atoms with van der Waals surface area (Å²) in [6.45, 7) is 1.40. The lowest BCUT2D eigenvalue weighted by Gasteiger charge is -2.11. The summed E-state index contributed by atoms with van der Waals surface area (Å²) < 4.78 is 7.62. The van der Waals surface area contributed by atoms with Gasteiger partial charge in [0, 0.05) is 29.2 Å². The van der Waals surface area contributed by atoms with Crippen molar-refractivity contribution in [3.63, 3.8) is 0 Å². The van der Waals surface area contributed by atoms with E-state index in [1.165, 1.54) is 5.56 Å². The van der Waals surface area contributed by atoms with Crippen LogP contribution in [0, 0.1) is 0 Å². The molecule has 0 atom stereocenters. The van der Waals surface area contributed by atoms with Crippen molar-refractivity contribution in [1.29, 1.82) is 0 Å². The molecule has 1 aliphatic heterocycles. The summed E-state index contributed by atoms with van der Waals surface area (Å²) >= 11 is 12.9. The molecule has 20 heavy (non-hydrogen) atoms. The largest absolute Gasteiger partial charge is 0.493 e. The summed E-state index contributed by atoms with van der Waals surface area (Å²) in [5, 5.41) is 3.90. The third-order valence-corrected chi connectivity index (χ3v) is 4.35. The number of aromatic nitrogens is 1. The van der Waals surface area contributed by atoms with E-state index < -0.39 is 0 Å². The zero-order valence-electron chi connectivity index (χ0n) is 10.4. The Balaban J connectivity index is 1.82. The van der Waals surface area contributed by atoms with E-state index in [1.54, 1.807) is 6.20 Å². The van der Waals surface area contributed by atoms with Gasteiger partial charge < -0.3 is 10.1 Å². The minimum Gasteiger partial charge on any atom is -0.493 e. The van der Waals surface area contributed by atoms with Crippen molar-refractivity contribution < 1.29 is 4.74 Å². The maximum Gasteiger partial charge on any atom is 0.140 e. The third-order valence-electron chi connectivity index (χ3n) is 3.08. The van der Waals surface area contributed by atoms with Crippen LogP contribution in [-0.2, 0) is 13.0 Å². The Labute approximate surface area is 138 Å². The summed E-state index contributed by atoms with van der Waals surface area (Å²) in [4.78, 5) is 4.27. The molecule has 1 aromatic heterocycles. The van der Waals surface area contributed by atoms with Crippen molar-refractivity contribution in [2.75, 3.05) is 11.9 Å². The molecular weight excluding hydrogens is 407 g/mol. The summed E-state index contributed by atoms with van der Waals surface area (Å²) in [5.41, 5.74) is 2.37. The van der Waals surface area contributed by atoms with E-state index in [0.29, 0.717) is 11.6 Å². The molecule has 0 saturated heterocycles. The summed E-state index contributed by atoms with van der Waals surface area (Å²) in [6, 6.07) is 6.00. The molecule has 1 N–H and O–H groups in total. The molecule has 2 aromatic rings. The van der Waals surface area contributed by atoms with Crippen molar-refractivity contribution in [2.24, 2.45) is 0 Å². The number of fused-ring (bicyclic) bond motifs is 1. The second-order valence-electron chi connectivity index (χ2n) is 4.49. The standard InChI is InChI=1S/C14H11Br2ClN2O/c15-10-3-8-1-2-20-13(8)9(4-10)6-18-14-12(16)5-11(17)7-19-14/h3-5,7H,1-2,6H2,(H,18,19). The number of benzene rings is 1. The maximum atomic E-state index is 5.89. The summed E-state index contributed by atoms with van der Waals surface area (Å²) in [6.07, 6.45) is 2.58. The molecule has 0 saturated carbocycles. The average molecular weight is 419 g/mol. The van der Waals surface area contributed by atoms with Crippen LogP contribution in [0.1, 0.15) is 11.1 Å². The molecule has 3 nitrogen and oxygen atoms in total. The van der Waals surface area contributed by atoms with Crippen LogP contribution in [0.4, 0.5) is 5.82 Å². The van der Waals surface area contributed by atoms with Crippen molar-refractivity contribution in [3.05, 3.63) is 49.5 Å².